The van der Waals surface area contributed by atoms with Gasteiger partial charge in [0.25, 0.3) is 11.6 Å². The number of carbonyl (C=O) groups is 1. The topological polar surface area (TPSA) is 149 Å². The van der Waals surface area contributed by atoms with Crippen LogP contribution in [-0.4, -0.2) is 47.1 Å². The van der Waals surface area contributed by atoms with Crippen molar-refractivity contribution in [3.8, 4) is 5.82 Å². The summed E-state index contributed by atoms with van der Waals surface area (Å²) in [5, 5.41) is 17.7. The fraction of sp³-hybridized carbons (Fsp3) is 0.211. The molecular formula is C19H20N6O5S. The van der Waals surface area contributed by atoms with Crippen LogP contribution in [0.25, 0.3) is 5.82 Å². The molecular weight excluding hydrogens is 424 g/mol. The lowest BCUT2D eigenvalue weighted by Gasteiger charge is -2.09. The Bertz CT molecular complexity index is 1220. The molecule has 0 aliphatic carbocycles. The zero-order valence-corrected chi connectivity index (χ0v) is 17.6. The molecule has 1 amide bonds. The number of hydrogen-bond donors (Lipinski definition) is 2. The highest BCUT2D eigenvalue weighted by Crippen LogP contribution is 2.17. The van der Waals surface area contributed by atoms with E-state index in [0.717, 1.165) is 17.5 Å². The molecule has 3 aromatic rings. The van der Waals surface area contributed by atoms with Crippen LogP contribution < -0.4 is 10.0 Å². The van der Waals surface area contributed by atoms with Crippen molar-refractivity contribution < 1.29 is 18.1 Å². The highest BCUT2D eigenvalue weighted by Gasteiger charge is 2.17. The molecule has 0 spiro atoms. The fourth-order valence-corrected chi connectivity index (χ4v) is 3.89. The van der Waals surface area contributed by atoms with Gasteiger partial charge in [-0.15, -0.1) is 0 Å². The summed E-state index contributed by atoms with van der Waals surface area (Å²) in [6, 6.07) is 9.89. The van der Waals surface area contributed by atoms with Crippen molar-refractivity contribution >= 4 is 21.6 Å². The Labute approximate surface area is 178 Å². The van der Waals surface area contributed by atoms with E-state index in [-0.39, 0.29) is 23.7 Å². The van der Waals surface area contributed by atoms with Crippen LogP contribution in [0.3, 0.4) is 0 Å². The molecule has 2 heterocycles. The number of rotatable bonds is 8. The molecule has 0 aliphatic rings. The number of carbonyl (C=O) groups excluding carboxylic acids is 1. The molecule has 0 atom stereocenters. The van der Waals surface area contributed by atoms with Gasteiger partial charge in [0.1, 0.15) is 0 Å². The summed E-state index contributed by atoms with van der Waals surface area (Å²) in [5.74, 6) is 0.161. The van der Waals surface area contributed by atoms with Crippen LogP contribution in [0, 0.1) is 24.0 Å². The third kappa shape index (κ3) is 5.29. The Morgan fingerprint density at radius 3 is 2.55 bits per heavy atom. The van der Waals surface area contributed by atoms with Crippen LogP contribution >= 0.6 is 0 Å². The molecule has 1 aromatic carbocycles. The second-order valence-electron chi connectivity index (χ2n) is 6.65. The van der Waals surface area contributed by atoms with Crippen molar-refractivity contribution in [3.05, 3.63) is 75.7 Å². The van der Waals surface area contributed by atoms with E-state index in [2.05, 4.69) is 20.1 Å². The maximum Gasteiger partial charge on any atom is 0.270 e. The van der Waals surface area contributed by atoms with E-state index in [1.807, 2.05) is 19.9 Å². The first kappa shape index (κ1) is 22.1. The molecule has 2 aromatic heterocycles. The van der Waals surface area contributed by atoms with Crippen molar-refractivity contribution in [2.24, 2.45) is 0 Å². The van der Waals surface area contributed by atoms with Gasteiger partial charge in [-0.2, -0.15) is 5.10 Å². The van der Waals surface area contributed by atoms with Gasteiger partial charge < -0.3 is 5.32 Å². The van der Waals surface area contributed by atoms with E-state index in [9.17, 15) is 23.3 Å². The van der Waals surface area contributed by atoms with E-state index in [1.54, 1.807) is 16.8 Å². The molecule has 2 N–H and O–H groups in total. The van der Waals surface area contributed by atoms with Crippen molar-refractivity contribution in [2.75, 3.05) is 13.1 Å². The van der Waals surface area contributed by atoms with Crippen molar-refractivity contribution in [1.82, 2.24) is 24.8 Å². The van der Waals surface area contributed by atoms with Crippen molar-refractivity contribution in [1.29, 1.82) is 0 Å². The van der Waals surface area contributed by atoms with E-state index >= 15 is 0 Å². The minimum absolute atomic E-state index is 0.0200. The summed E-state index contributed by atoms with van der Waals surface area (Å²) in [4.78, 5) is 26.4. The molecule has 0 saturated carbocycles. The number of benzene rings is 1. The number of nitrogens with zero attached hydrogens (tertiary/aromatic N) is 4. The second kappa shape index (κ2) is 9.02. The minimum atomic E-state index is -3.95. The zero-order chi connectivity index (χ0) is 22.6. The number of non-ortho nitro benzene ring substituents is 1. The molecule has 0 unspecified atom stereocenters. The standard InChI is InChI=1S/C19H20N6O5S/c1-13-10-14(2)24(23-13)18-7-6-15(12-21-18)19(26)20-8-9-22-31(29,30)17-5-3-4-16(11-17)25(27)28/h3-7,10-12,22H,8-9H2,1-2H3,(H,20,26). The van der Waals surface area contributed by atoms with Gasteiger partial charge in [-0.25, -0.2) is 22.8 Å². The second-order valence-corrected chi connectivity index (χ2v) is 8.42. The predicted octanol–water partition coefficient (Wildman–Crippen LogP) is 1.50. The zero-order valence-electron chi connectivity index (χ0n) is 16.8. The summed E-state index contributed by atoms with van der Waals surface area (Å²) in [5.41, 5.74) is 1.76. The van der Waals surface area contributed by atoms with Crippen molar-refractivity contribution in [2.45, 2.75) is 18.7 Å². The first-order chi connectivity index (χ1) is 14.7. The van der Waals surface area contributed by atoms with Gasteiger partial charge in [-0.3, -0.25) is 14.9 Å². The number of nitro groups is 1. The molecule has 0 radical (unpaired) electrons. The molecule has 0 bridgehead atoms. The first-order valence-corrected chi connectivity index (χ1v) is 10.7. The number of aryl methyl sites for hydroxylation is 2. The van der Waals surface area contributed by atoms with Crippen LogP contribution in [0.15, 0.2) is 53.6 Å². The Morgan fingerprint density at radius 2 is 1.94 bits per heavy atom. The molecule has 11 nitrogen and oxygen atoms in total. The number of hydrogen-bond acceptors (Lipinski definition) is 7. The smallest absolute Gasteiger partial charge is 0.270 e. The van der Waals surface area contributed by atoms with E-state index in [0.29, 0.717) is 11.4 Å². The largest absolute Gasteiger partial charge is 0.351 e. The number of pyridine rings is 1. The minimum Gasteiger partial charge on any atom is -0.351 e. The Balaban J connectivity index is 1.55. The van der Waals surface area contributed by atoms with Crippen LogP contribution in [0.2, 0.25) is 0 Å². The molecule has 31 heavy (non-hydrogen) atoms. The Kier molecular flexibility index (Phi) is 6.42. The van der Waals surface area contributed by atoms with Gasteiger partial charge >= 0.3 is 0 Å². The summed E-state index contributed by atoms with van der Waals surface area (Å²) < 4.78 is 28.5. The number of nitrogens with one attached hydrogen (secondary N) is 2. The number of amides is 1. The number of sulfonamides is 1. The lowest BCUT2D eigenvalue weighted by Crippen LogP contribution is -2.34. The van der Waals surface area contributed by atoms with Gasteiger partial charge in [0.15, 0.2) is 5.82 Å². The van der Waals surface area contributed by atoms with Crippen LogP contribution in [-0.2, 0) is 10.0 Å². The first-order valence-electron chi connectivity index (χ1n) is 9.19. The number of nitro benzene ring substituents is 1. The molecule has 3 rings (SSSR count). The van der Waals surface area contributed by atoms with E-state index in [4.69, 9.17) is 0 Å². The highest BCUT2D eigenvalue weighted by molar-refractivity contribution is 7.89. The maximum atomic E-state index is 12.3. The normalized spacial score (nSPS) is 11.3. The molecule has 0 fully saturated rings. The predicted molar refractivity (Wildman–Crippen MR) is 111 cm³/mol. The van der Waals surface area contributed by atoms with Crippen molar-refractivity contribution in [3.63, 3.8) is 0 Å². The van der Waals surface area contributed by atoms with Gasteiger partial charge in [-0.1, -0.05) is 6.07 Å². The fourth-order valence-electron chi connectivity index (χ4n) is 2.82. The van der Waals surface area contributed by atoms with Crippen LogP contribution in [0.1, 0.15) is 21.7 Å². The van der Waals surface area contributed by atoms with Gasteiger partial charge in [-0.05, 0) is 38.1 Å². The van der Waals surface area contributed by atoms with Gasteiger partial charge in [0.2, 0.25) is 10.0 Å². The summed E-state index contributed by atoms with van der Waals surface area (Å²) >= 11 is 0. The lowest BCUT2D eigenvalue weighted by molar-refractivity contribution is -0.385. The molecule has 162 valence electrons. The number of aromatic nitrogens is 3. The monoisotopic (exact) mass is 444 g/mol. The third-order valence-electron chi connectivity index (χ3n) is 4.28. The average molecular weight is 444 g/mol. The summed E-state index contributed by atoms with van der Waals surface area (Å²) in [7, 11) is -3.95. The van der Waals surface area contributed by atoms with Crippen LogP contribution in [0.5, 0.6) is 0 Å². The van der Waals surface area contributed by atoms with E-state index in [1.165, 1.54) is 24.4 Å². The van der Waals surface area contributed by atoms with Gasteiger partial charge in [0, 0.05) is 37.1 Å². The Morgan fingerprint density at radius 1 is 1.16 bits per heavy atom. The highest BCUT2D eigenvalue weighted by atomic mass is 32.2. The molecule has 0 aliphatic heterocycles. The summed E-state index contributed by atoms with van der Waals surface area (Å²) in [6.45, 7) is 3.70. The molecule has 12 heteroatoms. The maximum absolute atomic E-state index is 12.3. The Hall–Kier alpha value is -3.64. The van der Waals surface area contributed by atoms with Gasteiger partial charge in [0.05, 0.1) is 21.1 Å². The SMILES string of the molecule is Cc1cc(C)n(-c2ccc(C(=O)NCCNS(=O)(=O)c3cccc([N+](=O)[O-])c3)cn2)n1. The quantitative estimate of drug-likeness (QED) is 0.304. The average Bonchev–Trinajstić information content (AvgIpc) is 3.09. The van der Waals surface area contributed by atoms with E-state index < -0.39 is 20.9 Å². The summed E-state index contributed by atoms with van der Waals surface area (Å²) in [6.07, 6.45) is 1.41. The molecule has 0 saturated heterocycles. The lowest BCUT2D eigenvalue weighted by atomic mass is 10.2. The third-order valence-corrected chi connectivity index (χ3v) is 5.74. The van der Waals surface area contributed by atoms with Crippen LogP contribution in [0.4, 0.5) is 5.69 Å².